The Hall–Kier alpha value is 0.430. The third-order valence-electron chi connectivity index (χ3n) is 1.62. The molecule has 0 atom stereocenters. The van der Waals surface area contributed by atoms with Crippen molar-refractivity contribution in [1.82, 2.24) is 4.31 Å². The van der Waals surface area contributed by atoms with E-state index in [0.29, 0.717) is 13.0 Å². The Labute approximate surface area is 96.3 Å². The number of rotatable bonds is 2. The molecule has 1 aliphatic rings. The summed E-state index contributed by atoms with van der Waals surface area (Å²) in [5.74, 6) is 0.0870. The molecule has 0 aromatic carbocycles. The van der Waals surface area contributed by atoms with Crippen molar-refractivity contribution in [2.45, 2.75) is 19.3 Å². The SMILES string of the molecule is O=C1CCCCN1SC(Cl)=C(Cl)Cl. The molecular formula is C7H8Cl3NOS. The Morgan fingerprint density at radius 1 is 1.31 bits per heavy atom. The Balaban J connectivity index is 2.52. The summed E-state index contributed by atoms with van der Waals surface area (Å²) in [6, 6.07) is 0. The third-order valence-corrected chi connectivity index (χ3v) is 3.78. The fraction of sp³-hybridized carbons (Fsp3) is 0.571. The van der Waals surface area contributed by atoms with Crippen molar-refractivity contribution in [3.05, 3.63) is 8.86 Å². The van der Waals surface area contributed by atoms with Gasteiger partial charge in [-0.3, -0.25) is 9.10 Å². The quantitative estimate of drug-likeness (QED) is 0.709. The highest BCUT2D eigenvalue weighted by molar-refractivity contribution is 8.03. The average Bonchev–Trinajstić information content (AvgIpc) is 2.08. The minimum atomic E-state index is 0.00467. The molecule has 0 aromatic rings. The highest BCUT2D eigenvalue weighted by atomic mass is 35.5. The van der Waals surface area contributed by atoms with Gasteiger partial charge in [-0.1, -0.05) is 34.8 Å². The maximum atomic E-state index is 11.3. The van der Waals surface area contributed by atoms with Crippen molar-refractivity contribution < 1.29 is 4.79 Å². The van der Waals surface area contributed by atoms with Crippen LogP contribution in [0.25, 0.3) is 0 Å². The van der Waals surface area contributed by atoms with E-state index in [1.807, 2.05) is 0 Å². The summed E-state index contributed by atoms with van der Waals surface area (Å²) < 4.78 is 1.85. The van der Waals surface area contributed by atoms with Crippen LogP contribution in [-0.2, 0) is 4.79 Å². The molecule has 1 fully saturated rings. The monoisotopic (exact) mass is 259 g/mol. The number of hydrogen-bond donors (Lipinski definition) is 0. The molecule has 0 bridgehead atoms. The smallest absolute Gasteiger partial charge is 0.232 e. The van der Waals surface area contributed by atoms with Gasteiger partial charge in [0.1, 0.15) is 8.86 Å². The lowest BCUT2D eigenvalue weighted by Gasteiger charge is -2.24. The fourth-order valence-electron chi connectivity index (χ4n) is 1.01. The van der Waals surface area contributed by atoms with Crippen LogP contribution in [-0.4, -0.2) is 16.8 Å². The van der Waals surface area contributed by atoms with Crippen LogP contribution in [0.4, 0.5) is 0 Å². The Kier molecular flexibility index (Phi) is 4.73. The molecule has 74 valence electrons. The zero-order chi connectivity index (χ0) is 9.84. The lowest BCUT2D eigenvalue weighted by molar-refractivity contribution is -0.127. The van der Waals surface area contributed by atoms with Gasteiger partial charge < -0.3 is 0 Å². The minimum Gasteiger partial charge on any atom is -0.281 e. The van der Waals surface area contributed by atoms with Gasteiger partial charge in [-0.25, -0.2) is 0 Å². The van der Waals surface area contributed by atoms with E-state index >= 15 is 0 Å². The molecule has 0 aromatic heterocycles. The highest BCUT2D eigenvalue weighted by Gasteiger charge is 2.20. The van der Waals surface area contributed by atoms with Gasteiger partial charge in [0.15, 0.2) is 0 Å². The molecular weight excluding hydrogens is 253 g/mol. The third kappa shape index (κ3) is 3.58. The van der Waals surface area contributed by atoms with Crippen LogP contribution in [0.2, 0.25) is 0 Å². The van der Waals surface area contributed by atoms with Crippen LogP contribution in [0, 0.1) is 0 Å². The van der Waals surface area contributed by atoms with Crippen molar-refractivity contribution in [1.29, 1.82) is 0 Å². The molecule has 0 spiro atoms. The first-order chi connectivity index (χ1) is 6.11. The van der Waals surface area contributed by atoms with E-state index in [0.717, 1.165) is 24.8 Å². The second-order valence-corrected chi connectivity index (χ2v) is 5.16. The van der Waals surface area contributed by atoms with Gasteiger partial charge in [0, 0.05) is 24.9 Å². The molecule has 1 aliphatic heterocycles. The molecule has 0 N–H and O–H groups in total. The maximum absolute atomic E-state index is 11.3. The van der Waals surface area contributed by atoms with Crippen LogP contribution >= 0.6 is 46.8 Å². The molecule has 2 nitrogen and oxygen atoms in total. The van der Waals surface area contributed by atoms with Gasteiger partial charge in [-0.2, -0.15) is 0 Å². The Bertz CT molecular complexity index is 240. The van der Waals surface area contributed by atoms with Gasteiger partial charge >= 0.3 is 0 Å². The standard InChI is InChI=1S/C7H8Cl3NOS/c8-6(9)7(10)13-11-4-2-1-3-5(11)12/h1-4H2. The Morgan fingerprint density at radius 3 is 2.54 bits per heavy atom. The minimum absolute atomic E-state index is 0.00467. The molecule has 1 heterocycles. The summed E-state index contributed by atoms with van der Waals surface area (Å²) in [5, 5.41) is 0. The van der Waals surface area contributed by atoms with E-state index in [1.54, 1.807) is 4.31 Å². The number of piperidine rings is 1. The van der Waals surface area contributed by atoms with Gasteiger partial charge in [0.25, 0.3) is 0 Å². The summed E-state index contributed by atoms with van der Waals surface area (Å²) >= 11 is 17.7. The largest absolute Gasteiger partial charge is 0.281 e. The number of amides is 1. The van der Waals surface area contributed by atoms with Crippen molar-refractivity contribution in [3.8, 4) is 0 Å². The maximum Gasteiger partial charge on any atom is 0.232 e. The van der Waals surface area contributed by atoms with E-state index < -0.39 is 0 Å². The van der Waals surface area contributed by atoms with Crippen LogP contribution in [0.1, 0.15) is 19.3 Å². The molecule has 6 heteroatoms. The highest BCUT2D eigenvalue weighted by Crippen LogP contribution is 2.33. The topological polar surface area (TPSA) is 20.3 Å². The van der Waals surface area contributed by atoms with Crippen molar-refractivity contribution in [2.75, 3.05) is 6.54 Å². The summed E-state index contributed by atoms with van der Waals surface area (Å²) in [6.07, 6.45) is 2.53. The zero-order valence-electron chi connectivity index (χ0n) is 6.73. The predicted molar refractivity (Wildman–Crippen MR) is 57.7 cm³/mol. The number of hydrogen-bond acceptors (Lipinski definition) is 2. The van der Waals surface area contributed by atoms with Gasteiger partial charge in [0.05, 0.1) is 0 Å². The van der Waals surface area contributed by atoms with E-state index in [1.165, 1.54) is 0 Å². The van der Waals surface area contributed by atoms with E-state index in [-0.39, 0.29) is 14.8 Å². The molecule has 0 radical (unpaired) electrons. The Morgan fingerprint density at radius 2 is 2.00 bits per heavy atom. The van der Waals surface area contributed by atoms with Crippen LogP contribution in [0.15, 0.2) is 8.86 Å². The molecule has 1 amide bonds. The predicted octanol–water partition coefficient (Wildman–Crippen LogP) is 3.49. The lowest BCUT2D eigenvalue weighted by atomic mass is 10.2. The summed E-state index contributed by atoms with van der Waals surface area (Å²) in [7, 11) is 0. The molecule has 0 saturated carbocycles. The van der Waals surface area contributed by atoms with Crippen molar-refractivity contribution >= 4 is 52.7 Å². The zero-order valence-corrected chi connectivity index (χ0v) is 9.81. The van der Waals surface area contributed by atoms with E-state index in [4.69, 9.17) is 34.8 Å². The van der Waals surface area contributed by atoms with Crippen LogP contribution < -0.4 is 0 Å². The van der Waals surface area contributed by atoms with Crippen molar-refractivity contribution in [3.63, 3.8) is 0 Å². The summed E-state index contributed by atoms with van der Waals surface area (Å²) in [5.41, 5.74) is 0. The molecule has 0 aliphatic carbocycles. The first-order valence-corrected chi connectivity index (χ1v) is 5.71. The van der Waals surface area contributed by atoms with Crippen LogP contribution in [0.5, 0.6) is 0 Å². The van der Waals surface area contributed by atoms with Gasteiger partial charge in [-0.15, -0.1) is 0 Å². The van der Waals surface area contributed by atoms with Gasteiger partial charge in [0.2, 0.25) is 5.91 Å². The number of nitrogens with zero attached hydrogens (tertiary/aromatic N) is 1. The van der Waals surface area contributed by atoms with E-state index in [9.17, 15) is 4.79 Å². The fourth-order valence-corrected chi connectivity index (χ4v) is 2.14. The normalized spacial score (nSPS) is 17.5. The first-order valence-electron chi connectivity index (χ1n) is 3.80. The summed E-state index contributed by atoms with van der Waals surface area (Å²) in [4.78, 5) is 11.3. The second-order valence-electron chi connectivity index (χ2n) is 2.58. The molecule has 1 rings (SSSR count). The summed E-state index contributed by atoms with van der Waals surface area (Å²) in [6.45, 7) is 0.709. The molecule has 13 heavy (non-hydrogen) atoms. The number of carbonyl (C=O) groups excluding carboxylic acids is 1. The molecule has 1 saturated heterocycles. The first kappa shape index (κ1) is 11.5. The van der Waals surface area contributed by atoms with Crippen molar-refractivity contribution in [2.24, 2.45) is 0 Å². The number of carbonyl (C=O) groups is 1. The second kappa shape index (κ2) is 5.35. The lowest BCUT2D eigenvalue weighted by Crippen LogP contribution is -2.29. The average molecular weight is 261 g/mol. The van der Waals surface area contributed by atoms with E-state index in [2.05, 4.69) is 0 Å². The van der Waals surface area contributed by atoms with Gasteiger partial charge in [-0.05, 0) is 12.8 Å². The van der Waals surface area contributed by atoms with Crippen LogP contribution in [0.3, 0.4) is 0 Å². The number of halogens is 3. The molecule has 0 unspecified atom stereocenters.